The predicted octanol–water partition coefficient (Wildman–Crippen LogP) is 2.63. The molecule has 0 saturated carbocycles. The topological polar surface area (TPSA) is 74.6 Å². The van der Waals surface area contributed by atoms with Crippen molar-refractivity contribution in [1.82, 2.24) is 0 Å². The molecular weight excluding hydrogens is 296 g/mol. The van der Waals surface area contributed by atoms with Crippen LogP contribution in [0.15, 0.2) is 34.1 Å². The lowest BCUT2D eigenvalue weighted by molar-refractivity contribution is -0.134. The Balaban J connectivity index is 2.18. The Morgan fingerprint density at radius 2 is 1.30 bits per heavy atom. The quantitative estimate of drug-likeness (QED) is 0.841. The highest BCUT2D eigenvalue weighted by Crippen LogP contribution is 2.37. The molecule has 6 heteroatoms. The van der Waals surface area contributed by atoms with Crippen LogP contribution in [-0.2, 0) is 22.4 Å². The number of carboxylic acid groups (broad SMARTS) is 2. The molecule has 2 N–H and O–H groups in total. The SMILES string of the molecule is O=C(O)CSC1=C(SCC(=O)O)Cc2ccccc2C1. The van der Waals surface area contributed by atoms with Crippen molar-refractivity contribution in [2.45, 2.75) is 12.8 Å². The van der Waals surface area contributed by atoms with E-state index in [9.17, 15) is 9.59 Å². The Hall–Kier alpha value is -1.40. The van der Waals surface area contributed by atoms with Crippen molar-refractivity contribution in [1.29, 1.82) is 0 Å². The van der Waals surface area contributed by atoms with Gasteiger partial charge in [-0.25, -0.2) is 0 Å². The standard InChI is InChI=1S/C14H14O4S2/c15-13(16)7-19-11-5-9-3-1-2-4-10(9)6-12(11)20-8-14(17)18/h1-4H,5-8H2,(H,15,16)(H,17,18). The smallest absolute Gasteiger partial charge is 0.313 e. The van der Waals surface area contributed by atoms with Crippen LogP contribution in [0.5, 0.6) is 0 Å². The molecule has 0 atom stereocenters. The maximum absolute atomic E-state index is 10.7. The van der Waals surface area contributed by atoms with Crippen molar-refractivity contribution >= 4 is 35.5 Å². The molecule has 0 spiro atoms. The fourth-order valence-corrected chi connectivity index (χ4v) is 3.94. The summed E-state index contributed by atoms with van der Waals surface area (Å²) < 4.78 is 0. The Labute approximate surface area is 125 Å². The minimum absolute atomic E-state index is 0.00856. The van der Waals surface area contributed by atoms with E-state index in [4.69, 9.17) is 10.2 Å². The van der Waals surface area contributed by atoms with Gasteiger partial charge in [-0.2, -0.15) is 0 Å². The summed E-state index contributed by atoms with van der Waals surface area (Å²) in [6.45, 7) is 0. The number of aliphatic carboxylic acids is 2. The van der Waals surface area contributed by atoms with Gasteiger partial charge in [-0.1, -0.05) is 24.3 Å². The van der Waals surface area contributed by atoms with Gasteiger partial charge in [0.05, 0.1) is 11.5 Å². The maximum atomic E-state index is 10.7. The molecule has 0 aliphatic heterocycles. The van der Waals surface area contributed by atoms with E-state index in [1.807, 2.05) is 24.3 Å². The fraction of sp³-hybridized carbons (Fsp3) is 0.286. The number of allylic oxidation sites excluding steroid dienone is 2. The minimum atomic E-state index is -0.857. The third-order valence-corrected chi connectivity index (χ3v) is 5.26. The molecule has 0 aromatic heterocycles. The van der Waals surface area contributed by atoms with Gasteiger partial charge >= 0.3 is 11.9 Å². The van der Waals surface area contributed by atoms with Gasteiger partial charge in [0.25, 0.3) is 0 Å². The number of rotatable bonds is 6. The second-order valence-corrected chi connectivity index (χ2v) is 6.47. The van der Waals surface area contributed by atoms with Crippen molar-refractivity contribution in [2.24, 2.45) is 0 Å². The molecule has 0 heterocycles. The van der Waals surface area contributed by atoms with Gasteiger partial charge in [0.2, 0.25) is 0 Å². The van der Waals surface area contributed by atoms with Crippen LogP contribution in [0.1, 0.15) is 11.1 Å². The first-order valence-electron chi connectivity index (χ1n) is 6.04. The van der Waals surface area contributed by atoms with Crippen LogP contribution >= 0.6 is 23.5 Å². The minimum Gasteiger partial charge on any atom is -0.481 e. The van der Waals surface area contributed by atoms with Gasteiger partial charge in [-0.15, -0.1) is 23.5 Å². The third-order valence-electron chi connectivity index (χ3n) is 2.87. The van der Waals surface area contributed by atoms with Crippen LogP contribution in [0.3, 0.4) is 0 Å². The summed E-state index contributed by atoms with van der Waals surface area (Å²) in [6, 6.07) is 8.01. The zero-order valence-electron chi connectivity index (χ0n) is 10.7. The van der Waals surface area contributed by atoms with Crippen molar-refractivity contribution in [3.8, 4) is 0 Å². The number of carbonyl (C=O) groups is 2. The number of fused-ring (bicyclic) bond motifs is 1. The van der Waals surface area contributed by atoms with Crippen LogP contribution in [0.25, 0.3) is 0 Å². The van der Waals surface area contributed by atoms with Crippen molar-refractivity contribution in [3.05, 3.63) is 45.2 Å². The van der Waals surface area contributed by atoms with Crippen LogP contribution in [0, 0.1) is 0 Å². The van der Waals surface area contributed by atoms with E-state index >= 15 is 0 Å². The summed E-state index contributed by atoms with van der Waals surface area (Å²) in [7, 11) is 0. The molecule has 0 saturated heterocycles. The van der Waals surface area contributed by atoms with Crippen LogP contribution in [-0.4, -0.2) is 33.7 Å². The Bertz CT molecular complexity index is 517. The summed E-state index contributed by atoms with van der Waals surface area (Å²) in [6.07, 6.45) is 1.38. The zero-order chi connectivity index (χ0) is 14.5. The van der Waals surface area contributed by atoms with Gasteiger partial charge in [-0.05, 0) is 20.9 Å². The summed E-state index contributed by atoms with van der Waals surface area (Å²) >= 11 is 2.59. The van der Waals surface area contributed by atoms with E-state index < -0.39 is 11.9 Å². The van der Waals surface area contributed by atoms with Crippen LogP contribution in [0.2, 0.25) is 0 Å². The normalized spacial score (nSPS) is 14.0. The van der Waals surface area contributed by atoms with Crippen LogP contribution < -0.4 is 0 Å². The Kier molecular flexibility index (Phi) is 5.14. The van der Waals surface area contributed by atoms with Gasteiger partial charge in [0.1, 0.15) is 0 Å². The van der Waals surface area contributed by atoms with E-state index in [1.54, 1.807) is 0 Å². The second kappa shape index (κ2) is 6.85. The summed E-state index contributed by atoms with van der Waals surface area (Å²) in [5.74, 6) is -1.70. The van der Waals surface area contributed by atoms with Crippen molar-refractivity contribution in [2.75, 3.05) is 11.5 Å². The maximum Gasteiger partial charge on any atom is 0.313 e. The number of carboxylic acids is 2. The first kappa shape index (κ1) is 15.0. The van der Waals surface area contributed by atoms with Crippen LogP contribution in [0.4, 0.5) is 0 Å². The molecule has 0 radical (unpaired) electrons. The largest absolute Gasteiger partial charge is 0.481 e. The highest BCUT2D eigenvalue weighted by molar-refractivity contribution is 8.07. The molecule has 0 unspecified atom stereocenters. The van der Waals surface area contributed by atoms with E-state index in [2.05, 4.69) is 0 Å². The predicted molar refractivity (Wildman–Crippen MR) is 81.1 cm³/mol. The molecule has 2 rings (SSSR count). The Morgan fingerprint density at radius 1 is 0.900 bits per heavy atom. The number of thioether (sulfide) groups is 2. The van der Waals surface area contributed by atoms with E-state index in [0.717, 1.165) is 9.81 Å². The Morgan fingerprint density at radius 3 is 1.65 bits per heavy atom. The van der Waals surface area contributed by atoms with Gasteiger partial charge in [-0.3, -0.25) is 9.59 Å². The zero-order valence-corrected chi connectivity index (χ0v) is 12.3. The average Bonchev–Trinajstić information content (AvgIpc) is 2.42. The van der Waals surface area contributed by atoms with Crippen molar-refractivity contribution < 1.29 is 19.8 Å². The lowest BCUT2D eigenvalue weighted by atomic mass is 9.97. The molecule has 106 valence electrons. The summed E-state index contributed by atoms with van der Waals surface area (Å²) in [5.41, 5.74) is 2.39. The second-order valence-electron chi connectivity index (χ2n) is 4.33. The van der Waals surface area contributed by atoms with Gasteiger partial charge in [0, 0.05) is 12.8 Å². The van der Waals surface area contributed by atoms with E-state index in [-0.39, 0.29) is 11.5 Å². The molecule has 0 amide bonds. The molecule has 1 aromatic rings. The molecule has 0 bridgehead atoms. The number of benzene rings is 1. The molecule has 1 aromatic carbocycles. The highest BCUT2D eigenvalue weighted by Gasteiger charge is 2.20. The fourth-order valence-electron chi connectivity index (χ4n) is 2.01. The van der Waals surface area contributed by atoms with E-state index in [0.29, 0.717) is 12.8 Å². The third kappa shape index (κ3) is 4.05. The van der Waals surface area contributed by atoms with Gasteiger partial charge in [0.15, 0.2) is 0 Å². The molecule has 4 nitrogen and oxygen atoms in total. The molecular formula is C14H14O4S2. The summed E-state index contributed by atoms with van der Waals surface area (Å²) in [4.78, 5) is 23.4. The molecule has 1 aliphatic carbocycles. The number of hydrogen-bond acceptors (Lipinski definition) is 4. The number of hydrogen-bond donors (Lipinski definition) is 2. The lowest BCUT2D eigenvalue weighted by Crippen LogP contribution is -2.09. The lowest BCUT2D eigenvalue weighted by Gasteiger charge is -2.21. The van der Waals surface area contributed by atoms with Gasteiger partial charge < -0.3 is 10.2 Å². The average molecular weight is 310 g/mol. The summed E-state index contributed by atoms with van der Waals surface area (Å²) in [5, 5.41) is 17.6. The monoisotopic (exact) mass is 310 g/mol. The highest BCUT2D eigenvalue weighted by atomic mass is 32.2. The first-order chi connectivity index (χ1) is 9.56. The molecule has 20 heavy (non-hydrogen) atoms. The van der Waals surface area contributed by atoms with E-state index in [1.165, 1.54) is 34.7 Å². The van der Waals surface area contributed by atoms with Crippen molar-refractivity contribution in [3.63, 3.8) is 0 Å². The molecule has 1 aliphatic rings. The first-order valence-corrected chi connectivity index (χ1v) is 8.01. The molecule has 0 fully saturated rings.